The molecule has 1 N–H and O–H groups in total. The van der Waals surface area contributed by atoms with Crippen LogP contribution in [0.4, 0.5) is 5.69 Å². The monoisotopic (exact) mass is 416 g/mol. The second-order valence-electron chi connectivity index (χ2n) is 6.83. The van der Waals surface area contributed by atoms with Crippen LogP contribution >= 0.6 is 0 Å². The molecule has 2 aromatic rings. The van der Waals surface area contributed by atoms with Gasteiger partial charge in [-0.2, -0.15) is 0 Å². The Bertz CT molecular complexity index is 888. The summed E-state index contributed by atoms with van der Waals surface area (Å²) >= 11 is 0. The minimum absolute atomic E-state index is 0.0499. The molecule has 2 aromatic carbocycles. The quantitative estimate of drug-likeness (QED) is 0.379. The van der Waals surface area contributed by atoms with E-state index in [1.807, 2.05) is 0 Å². The summed E-state index contributed by atoms with van der Waals surface area (Å²) in [7, 11) is 2.95. The molecule has 9 nitrogen and oxygen atoms in total. The molecule has 0 fully saturated rings. The third-order valence-corrected chi connectivity index (χ3v) is 4.35. The van der Waals surface area contributed by atoms with Crippen molar-refractivity contribution < 1.29 is 28.7 Å². The molecule has 0 aliphatic rings. The average molecular weight is 416 g/mol. The van der Waals surface area contributed by atoms with Gasteiger partial charge in [-0.25, -0.2) is 4.79 Å². The van der Waals surface area contributed by atoms with Crippen LogP contribution in [0.2, 0.25) is 0 Å². The van der Waals surface area contributed by atoms with Gasteiger partial charge in [0.1, 0.15) is 24.1 Å². The lowest BCUT2D eigenvalue weighted by molar-refractivity contribution is -0.384. The summed E-state index contributed by atoms with van der Waals surface area (Å²) in [5.41, 5.74) is 0.825. The molecule has 0 aliphatic carbocycles. The van der Waals surface area contributed by atoms with Gasteiger partial charge in [-0.15, -0.1) is 0 Å². The predicted octanol–water partition coefficient (Wildman–Crippen LogP) is 3.11. The van der Waals surface area contributed by atoms with E-state index in [9.17, 15) is 19.7 Å². The number of carbonyl (C=O) groups is 2. The molecule has 0 bridgehead atoms. The van der Waals surface area contributed by atoms with Crippen molar-refractivity contribution in [1.82, 2.24) is 5.32 Å². The van der Waals surface area contributed by atoms with Crippen LogP contribution in [-0.2, 0) is 16.1 Å². The number of nitro benzene ring substituents is 1. The third kappa shape index (κ3) is 5.94. The minimum Gasteiger partial charge on any atom is -0.497 e. The van der Waals surface area contributed by atoms with Crippen molar-refractivity contribution in [3.8, 4) is 11.5 Å². The van der Waals surface area contributed by atoms with E-state index in [0.29, 0.717) is 17.1 Å². The Labute approximate surface area is 174 Å². The van der Waals surface area contributed by atoms with Gasteiger partial charge in [0.05, 0.1) is 19.1 Å². The molecule has 0 aliphatic heterocycles. The maximum Gasteiger partial charge on any atom is 0.329 e. The fourth-order valence-electron chi connectivity index (χ4n) is 2.62. The summed E-state index contributed by atoms with van der Waals surface area (Å²) in [6.45, 7) is 3.50. The molecule has 30 heavy (non-hydrogen) atoms. The molecule has 0 radical (unpaired) electrons. The Hall–Kier alpha value is -3.62. The fourth-order valence-corrected chi connectivity index (χ4v) is 2.62. The number of non-ortho nitro benzene ring substituents is 1. The number of hydrogen-bond acceptors (Lipinski definition) is 7. The number of esters is 1. The number of nitro groups is 1. The molecule has 0 spiro atoms. The second kappa shape index (κ2) is 10.2. The minimum atomic E-state index is -0.882. The van der Waals surface area contributed by atoms with E-state index in [2.05, 4.69) is 5.32 Å². The second-order valence-corrected chi connectivity index (χ2v) is 6.83. The first-order valence-corrected chi connectivity index (χ1v) is 9.19. The fraction of sp³-hybridized carbons (Fsp3) is 0.333. The third-order valence-electron chi connectivity index (χ3n) is 4.35. The molecule has 9 heteroatoms. The van der Waals surface area contributed by atoms with Crippen LogP contribution in [0.1, 0.15) is 29.8 Å². The van der Waals surface area contributed by atoms with Crippen LogP contribution in [0.25, 0.3) is 0 Å². The van der Waals surface area contributed by atoms with Crippen LogP contribution in [0.5, 0.6) is 11.5 Å². The lowest BCUT2D eigenvalue weighted by atomic mass is 10.0. The highest BCUT2D eigenvalue weighted by Gasteiger charge is 2.26. The molecular formula is C21H24N2O7. The molecule has 0 unspecified atom stereocenters. The van der Waals surface area contributed by atoms with Crippen LogP contribution in [0, 0.1) is 16.0 Å². The van der Waals surface area contributed by atoms with Crippen LogP contribution in [0.3, 0.4) is 0 Å². The topological polar surface area (TPSA) is 117 Å². The molecule has 0 saturated heterocycles. The van der Waals surface area contributed by atoms with E-state index in [4.69, 9.17) is 14.2 Å². The highest BCUT2D eigenvalue weighted by molar-refractivity contribution is 5.97. The highest BCUT2D eigenvalue weighted by Crippen LogP contribution is 2.23. The molecule has 0 heterocycles. The number of carbonyl (C=O) groups excluding carboxylic acids is 2. The van der Waals surface area contributed by atoms with Crippen molar-refractivity contribution in [2.24, 2.45) is 5.92 Å². The summed E-state index contributed by atoms with van der Waals surface area (Å²) < 4.78 is 15.6. The molecule has 160 valence electrons. The molecule has 2 rings (SSSR count). The number of nitrogens with zero attached hydrogens (tertiary/aromatic N) is 1. The van der Waals surface area contributed by atoms with E-state index in [-0.39, 0.29) is 23.8 Å². The zero-order valence-corrected chi connectivity index (χ0v) is 17.2. The molecule has 0 aromatic heterocycles. The zero-order valence-electron chi connectivity index (χ0n) is 17.2. The van der Waals surface area contributed by atoms with E-state index >= 15 is 0 Å². The summed E-state index contributed by atoms with van der Waals surface area (Å²) in [4.78, 5) is 35.4. The smallest absolute Gasteiger partial charge is 0.329 e. The Morgan fingerprint density at radius 3 is 2.07 bits per heavy atom. The number of nitrogens with one attached hydrogen (secondary N) is 1. The van der Waals surface area contributed by atoms with Crippen molar-refractivity contribution in [2.45, 2.75) is 26.5 Å². The number of amides is 1. The van der Waals surface area contributed by atoms with Crippen molar-refractivity contribution in [3.05, 3.63) is 63.7 Å². The van der Waals surface area contributed by atoms with Crippen LogP contribution < -0.4 is 14.8 Å². The van der Waals surface area contributed by atoms with Crippen molar-refractivity contribution >= 4 is 17.6 Å². The van der Waals surface area contributed by atoms with Gasteiger partial charge in [0.2, 0.25) is 0 Å². The van der Waals surface area contributed by atoms with Gasteiger partial charge in [0, 0.05) is 23.8 Å². The largest absolute Gasteiger partial charge is 0.497 e. The maximum absolute atomic E-state index is 12.7. The SMILES string of the molecule is COc1cc(OC)cc(C(=O)N[C@H](C(=O)OCc2ccc([N+](=O)[O-])cc2)C(C)C)c1. The van der Waals surface area contributed by atoms with Crippen molar-refractivity contribution in [3.63, 3.8) is 0 Å². The van der Waals surface area contributed by atoms with Crippen molar-refractivity contribution in [2.75, 3.05) is 14.2 Å². The number of benzene rings is 2. The van der Waals surface area contributed by atoms with Crippen LogP contribution in [-0.4, -0.2) is 37.1 Å². The van der Waals surface area contributed by atoms with Crippen molar-refractivity contribution in [1.29, 1.82) is 0 Å². The lowest BCUT2D eigenvalue weighted by Crippen LogP contribution is -2.45. The molecule has 0 saturated carbocycles. The first-order chi connectivity index (χ1) is 14.2. The van der Waals surface area contributed by atoms with Gasteiger partial charge in [0.25, 0.3) is 11.6 Å². The van der Waals surface area contributed by atoms with Gasteiger partial charge < -0.3 is 19.5 Å². The van der Waals surface area contributed by atoms with E-state index < -0.39 is 22.8 Å². The van der Waals surface area contributed by atoms with E-state index in [0.717, 1.165) is 0 Å². The van der Waals surface area contributed by atoms with Gasteiger partial charge in [0.15, 0.2) is 0 Å². The van der Waals surface area contributed by atoms with Gasteiger partial charge >= 0.3 is 5.97 Å². The average Bonchev–Trinajstić information content (AvgIpc) is 2.75. The van der Waals surface area contributed by atoms with E-state index in [1.165, 1.54) is 50.6 Å². The summed E-state index contributed by atoms with van der Waals surface area (Å²) in [6, 6.07) is 9.52. The Morgan fingerprint density at radius 2 is 1.60 bits per heavy atom. The Morgan fingerprint density at radius 1 is 1.03 bits per heavy atom. The van der Waals surface area contributed by atoms with Gasteiger partial charge in [-0.1, -0.05) is 13.8 Å². The normalized spacial score (nSPS) is 11.5. The molecule has 1 atom stereocenters. The number of methoxy groups -OCH3 is 2. The Kier molecular flexibility index (Phi) is 7.74. The summed E-state index contributed by atoms with van der Waals surface area (Å²) in [5, 5.41) is 13.4. The first-order valence-electron chi connectivity index (χ1n) is 9.19. The standard InChI is InChI=1S/C21H24N2O7/c1-13(2)19(21(25)30-12-14-5-7-16(8-6-14)23(26)27)22-20(24)15-9-17(28-3)11-18(10-15)29-4/h5-11,13,19H,12H2,1-4H3,(H,22,24)/t19-/m0/s1. The number of hydrogen-bond donors (Lipinski definition) is 1. The number of ether oxygens (including phenoxy) is 3. The predicted molar refractivity (Wildman–Crippen MR) is 109 cm³/mol. The maximum atomic E-state index is 12.7. The molecule has 1 amide bonds. The Balaban J connectivity index is 2.06. The first kappa shape index (κ1) is 22.7. The zero-order chi connectivity index (χ0) is 22.3. The van der Waals surface area contributed by atoms with Gasteiger partial charge in [-0.3, -0.25) is 14.9 Å². The number of rotatable bonds is 9. The lowest BCUT2D eigenvalue weighted by Gasteiger charge is -2.21. The summed E-state index contributed by atoms with van der Waals surface area (Å²) in [6.07, 6.45) is 0. The molecular weight excluding hydrogens is 392 g/mol. The van der Waals surface area contributed by atoms with E-state index in [1.54, 1.807) is 19.9 Å². The van der Waals surface area contributed by atoms with Gasteiger partial charge in [-0.05, 0) is 35.7 Å². The van der Waals surface area contributed by atoms with Crippen LogP contribution in [0.15, 0.2) is 42.5 Å². The summed E-state index contributed by atoms with van der Waals surface area (Å²) in [5.74, 6) is -0.418. The highest BCUT2D eigenvalue weighted by atomic mass is 16.6.